The van der Waals surface area contributed by atoms with Crippen LogP contribution in [-0.4, -0.2) is 24.5 Å². The number of amides is 4. The summed E-state index contributed by atoms with van der Waals surface area (Å²) >= 11 is 0. The average molecular weight is 511 g/mol. The number of aryl methyl sites for hydroxylation is 2. The molecule has 0 unspecified atom stereocenters. The van der Waals surface area contributed by atoms with Crippen molar-refractivity contribution in [1.82, 2.24) is 5.32 Å². The highest BCUT2D eigenvalue weighted by Crippen LogP contribution is 2.36. The molecule has 1 saturated heterocycles. The number of hydrogen-bond acceptors (Lipinski definition) is 5. The molecular weight excluding hydrogens is 480 g/mol. The van der Waals surface area contributed by atoms with Gasteiger partial charge in [0.2, 0.25) is 0 Å². The van der Waals surface area contributed by atoms with Crippen molar-refractivity contribution in [2.45, 2.75) is 33.8 Å². The highest BCUT2D eigenvalue weighted by molar-refractivity contribution is 6.39. The Labute approximate surface area is 222 Å². The lowest BCUT2D eigenvalue weighted by atomic mass is 10.0. The second-order valence-corrected chi connectivity index (χ2v) is 9.00. The van der Waals surface area contributed by atoms with Gasteiger partial charge in [-0.1, -0.05) is 53.6 Å². The van der Waals surface area contributed by atoms with E-state index in [1.165, 1.54) is 6.08 Å². The maximum absolute atomic E-state index is 13.3. The molecule has 4 rings (SSSR count). The fourth-order valence-corrected chi connectivity index (χ4v) is 4.21. The van der Waals surface area contributed by atoms with Gasteiger partial charge in [0.1, 0.15) is 12.2 Å². The molecule has 7 nitrogen and oxygen atoms in total. The highest BCUT2D eigenvalue weighted by Gasteiger charge is 2.36. The first kappa shape index (κ1) is 26.4. The minimum absolute atomic E-state index is 0.161. The number of ether oxygens (including phenoxy) is 2. The van der Waals surface area contributed by atoms with Gasteiger partial charge in [-0.2, -0.15) is 0 Å². The van der Waals surface area contributed by atoms with Gasteiger partial charge < -0.3 is 9.47 Å². The fourth-order valence-electron chi connectivity index (χ4n) is 4.21. The summed E-state index contributed by atoms with van der Waals surface area (Å²) in [5.41, 5.74) is 4.70. The summed E-state index contributed by atoms with van der Waals surface area (Å²) in [6.07, 6.45) is 3.69. The van der Waals surface area contributed by atoms with Crippen molar-refractivity contribution in [2.24, 2.45) is 0 Å². The second kappa shape index (κ2) is 11.6. The Kier molecular flexibility index (Phi) is 8.06. The van der Waals surface area contributed by atoms with Crippen LogP contribution in [0.5, 0.6) is 11.5 Å². The van der Waals surface area contributed by atoms with E-state index in [1.54, 1.807) is 36.4 Å². The highest BCUT2D eigenvalue weighted by atomic mass is 16.5. The third kappa shape index (κ3) is 5.83. The molecule has 1 aliphatic rings. The van der Waals surface area contributed by atoms with Crippen molar-refractivity contribution in [3.63, 3.8) is 0 Å². The van der Waals surface area contributed by atoms with Gasteiger partial charge in [-0.3, -0.25) is 14.9 Å². The van der Waals surface area contributed by atoms with E-state index in [0.29, 0.717) is 42.4 Å². The number of anilines is 1. The van der Waals surface area contributed by atoms with Gasteiger partial charge in [0, 0.05) is 5.56 Å². The zero-order chi connectivity index (χ0) is 27.2. The average Bonchev–Trinajstić information content (AvgIpc) is 2.87. The van der Waals surface area contributed by atoms with Crippen LogP contribution in [0.4, 0.5) is 10.5 Å². The number of hydrogen-bond donors (Lipinski definition) is 1. The van der Waals surface area contributed by atoms with Gasteiger partial charge in [-0.25, -0.2) is 9.69 Å². The lowest BCUT2D eigenvalue weighted by molar-refractivity contribution is -0.122. The van der Waals surface area contributed by atoms with Crippen LogP contribution in [0.3, 0.4) is 0 Å². The van der Waals surface area contributed by atoms with Gasteiger partial charge >= 0.3 is 6.03 Å². The van der Waals surface area contributed by atoms with Gasteiger partial charge in [0.15, 0.2) is 11.5 Å². The fraction of sp³-hybridized carbons (Fsp3) is 0.194. The Balaban J connectivity index is 1.71. The van der Waals surface area contributed by atoms with Crippen LogP contribution < -0.4 is 19.7 Å². The monoisotopic (exact) mass is 510 g/mol. The van der Waals surface area contributed by atoms with E-state index in [4.69, 9.17) is 9.47 Å². The summed E-state index contributed by atoms with van der Waals surface area (Å²) in [6, 6.07) is 17.7. The molecule has 3 aromatic carbocycles. The van der Waals surface area contributed by atoms with Crippen LogP contribution in [0.15, 0.2) is 78.9 Å². The molecule has 3 aromatic rings. The maximum Gasteiger partial charge on any atom is 0.335 e. The van der Waals surface area contributed by atoms with Gasteiger partial charge in [-0.15, -0.1) is 6.58 Å². The predicted octanol–water partition coefficient (Wildman–Crippen LogP) is 5.68. The number of benzene rings is 3. The third-order valence-electron chi connectivity index (χ3n) is 5.99. The van der Waals surface area contributed by atoms with Gasteiger partial charge in [0.05, 0.1) is 12.3 Å². The first-order valence-electron chi connectivity index (χ1n) is 12.4. The van der Waals surface area contributed by atoms with Crippen LogP contribution in [0.25, 0.3) is 6.08 Å². The number of carbonyl (C=O) groups excluding carboxylic acids is 3. The van der Waals surface area contributed by atoms with Crippen LogP contribution >= 0.6 is 0 Å². The lowest BCUT2D eigenvalue weighted by Crippen LogP contribution is -2.54. The smallest absolute Gasteiger partial charge is 0.335 e. The summed E-state index contributed by atoms with van der Waals surface area (Å²) in [7, 11) is 0. The first-order chi connectivity index (χ1) is 18.3. The minimum atomic E-state index is -0.789. The molecule has 0 aromatic heterocycles. The predicted molar refractivity (Wildman–Crippen MR) is 147 cm³/mol. The molecule has 1 heterocycles. The lowest BCUT2D eigenvalue weighted by Gasteiger charge is -2.26. The molecule has 0 bridgehead atoms. The SMILES string of the molecule is C=CCc1cc(/C=C2\C(=O)NC(=O)N(c3ccc(C)cc3)C2=O)cc(OCC)c1OCc1cccc(C)c1. The Morgan fingerprint density at radius 2 is 1.71 bits per heavy atom. The molecule has 0 atom stereocenters. The molecule has 1 aliphatic heterocycles. The minimum Gasteiger partial charge on any atom is -0.490 e. The second-order valence-electron chi connectivity index (χ2n) is 9.00. The number of imide groups is 2. The van der Waals surface area contributed by atoms with Gasteiger partial charge in [0.25, 0.3) is 11.8 Å². The molecule has 0 saturated carbocycles. The summed E-state index contributed by atoms with van der Waals surface area (Å²) in [5.74, 6) is -0.398. The van der Waals surface area contributed by atoms with Crippen molar-refractivity contribution >= 4 is 29.6 Å². The van der Waals surface area contributed by atoms with E-state index in [0.717, 1.165) is 27.2 Å². The molecule has 4 amide bonds. The molecule has 194 valence electrons. The number of carbonyl (C=O) groups is 3. The standard InChI is InChI=1S/C31H30N2O5/c1-5-8-24-16-23(18-27(37-6-2)28(24)38-19-22-10-7-9-21(4)15-22)17-26-29(34)32-31(36)33(30(26)35)25-13-11-20(3)12-14-25/h5,7,9-18H,1,6,8,19H2,2-4H3,(H,32,34,36)/b26-17+. The first-order valence-corrected chi connectivity index (χ1v) is 12.4. The number of nitrogens with zero attached hydrogens (tertiary/aromatic N) is 1. The molecule has 0 aliphatic carbocycles. The van der Waals surface area contributed by atoms with Crippen molar-refractivity contribution in [3.8, 4) is 11.5 Å². The van der Waals surface area contributed by atoms with Crippen molar-refractivity contribution < 1.29 is 23.9 Å². The zero-order valence-corrected chi connectivity index (χ0v) is 21.7. The van der Waals surface area contributed by atoms with E-state index < -0.39 is 17.8 Å². The largest absolute Gasteiger partial charge is 0.490 e. The number of barbiturate groups is 1. The van der Waals surface area contributed by atoms with E-state index in [-0.39, 0.29) is 5.57 Å². The van der Waals surface area contributed by atoms with Crippen LogP contribution in [0.2, 0.25) is 0 Å². The van der Waals surface area contributed by atoms with E-state index >= 15 is 0 Å². The summed E-state index contributed by atoms with van der Waals surface area (Å²) in [5, 5.41) is 2.26. The normalized spacial score (nSPS) is 14.4. The van der Waals surface area contributed by atoms with Crippen molar-refractivity contribution in [3.05, 3.63) is 107 Å². The van der Waals surface area contributed by atoms with E-state index in [2.05, 4.69) is 18.0 Å². The summed E-state index contributed by atoms with van der Waals surface area (Å²) < 4.78 is 12.1. The molecule has 38 heavy (non-hydrogen) atoms. The molecule has 7 heteroatoms. The van der Waals surface area contributed by atoms with Crippen LogP contribution in [0, 0.1) is 13.8 Å². The Hall–Kier alpha value is -4.65. The Morgan fingerprint density at radius 1 is 0.947 bits per heavy atom. The molecule has 1 N–H and O–H groups in total. The quantitative estimate of drug-likeness (QED) is 0.228. The van der Waals surface area contributed by atoms with Gasteiger partial charge in [-0.05, 0) is 68.7 Å². The van der Waals surface area contributed by atoms with Crippen LogP contribution in [-0.2, 0) is 22.6 Å². The molecule has 0 spiro atoms. The van der Waals surface area contributed by atoms with E-state index in [9.17, 15) is 14.4 Å². The Morgan fingerprint density at radius 3 is 2.39 bits per heavy atom. The number of rotatable bonds is 9. The molecular formula is C31H30N2O5. The maximum atomic E-state index is 13.3. The summed E-state index contributed by atoms with van der Waals surface area (Å²) in [4.78, 5) is 39.5. The number of nitrogens with one attached hydrogen (secondary N) is 1. The number of urea groups is 1. The number of allylic oxidation sites excluding steroid dienone is 1. The Bertz CT molecular complexity index is 1420. The topological polar surface area (TPSA) is 84.9 Å². The third-order valence-corrected chi connectivity index (χ3v) is 5.99. The van der Waals surface area contributed by atoms with Crippen molar-refractivity contribution in [2.75, 3.05) is 11.5 Å². The zero-order valence-electron chi connectivity index (χ0n) is 21.7. The van der Waals surface area contributed by atoms with E-state index in [1.807, 2.05) is 45.0 Å². The molecule has 1 fully saturated rings. The molecule has 0 radical (unpaired) electrons. The van der Waals surface area contributed by atoms with Crippen molar-refractivity contribution in [1.29, 1.82) is 0 Å². The van der Waals surface area contributed by atoms with Crippen LogP contribution in [0.1, 0.15) is 34.7 Å². The summed E-state index contributed by atoms with van der Waals surface area (Å²) in [6.45, 7) is 10.4.